The molecule has 1 heterocycles. The van der Waals surface area contributed by atoms with Gasteiger partial charge in [0.2, 0.25) is 11.7 Å². The lowest BCUT2D eigenvalue weighted by molar-refractivity contribution is 0.181. The number of hydrogen-bond donors (Lipinski definition) is 1. The molecule has 0 aliphatic rings. The number of benzene rings is 1. The summed E-state index contributed by atoms with van der Waals surface area (Å²) in [5.41, 5.74) is 7.63. The van der Waals surface area contributed by atoms with Crippen molar-refractivity contribution in [2.24, 2.45) is 11.7 Å². The van der Waals surface area contributed by atoms with Crippen LogP contribution >= 0.6 is 12.4 Å². The van der Waals surface area contributed by atoms with Gasteiger partial charge in [0.05, 0.1) is 6.04 Å². The maximum Gasteiger partial charge on any atom is 0.244 e. The molecule has 0 bridgehead atoms. The highest BCUT2D eigenvalue weighted by Gasteiger charge is 2.24. The minimum absolute atomic E-state index is 0. The number of halogens is 1. The third-order valence-electron chi connectivity index (χ3n) is 3.33. The van der Waals surface area contributed by atoms with Gasteiger partial charge in [-0.05, 0) is 25.6 Å². The van der Waals surface area contributed by atoms with Crippen molar-refractivity contribution in [1.82, 2.24) is 15.0 Å². The lowest BCUT2D eigenvalue weighted by atomic mass is 10.0. The van der Waals surface area contributed by atoms with Crippen molar-refractivity contribution < 1.29 is 4.52 Å². The first-order valence-corrected chi connectivity index (χ1v) is 6.82. The van der Waals surface area contributed by atoms with Crippen molar-refractivity contribution in [2.45, 2.75) is 26.4 Å². The van der Waals surface area contributed by atoms with Crippen LogP contribution in [0, 0.1) is 5.92 Å². The van der Waals surface area contributed by atoms with E-state index in [2.05, 4.69) is 28.9 Å². The Balaban J connectivity index is 0.00000220. The molecule has 1 aromatic carbocycles. The molecule has 116 valence electrons. The summed E-state index contributed by atoms with van der Waals surface area (Å²) in [6.45, 7) is 4.82. The van der Waals surface area contributed by atoms with E-state index in [1.54, 1.807) is 0 Å². The Morgan fingerprint density at radius 3 is 2.29 bits per heavy atom. The summed E-state index contributed by atoms with van der Waals surface area (Å²) in [6.07, 6.45) is 0. The maximum atomic E-state index is 5.59. The molecule has 2 aromatic rings. The summed E-state index contributed by atoms with van der Waals surface area (Å²) < 4.78 is 5.43. The molecule has 0 spiro atoms. The monoisotopic (exact) mass is 310 g/mol. The van der Waals surface area contributed by atoms with E-state index in [0.29, 0.717) is 24.2 Å². The predicted octanol–water partition coefficient (Wildman–Crippen LogP) is 2.88. The number of nitrogens with zero attached hydrogens (tertiary/aromatic N) is 3. The van der Waals surface area contributed by atoms with Crippen LogP contribution in [0.5, 0.6) is 0 Å². The van der Waals surface area contributed by atoms with Gasteiger partial charge in [-0.3, -0.25) is 4.90 Å². The Labute approximate surface area is 131 Å². The van der Waals surface area contributed by atoms with E-state index in [-0.39, 0.29) is 18.4 Å². The molecule has 0 aliphatic carbocycles. The van der Waals surface area contributed by atoms with Crippen molar-refractivity contribution in [3.8, 4) is 11.4 Å². The largest absolute Gasteiger partial charge is 0.337 e. The number of aromatic nitrogens is 2. The normalized spacial score (nSPS) is 12.5. The molecule has 0 aliphatic heterocycles. The fourth-order valence-corrected chi connectivity index (χ4v) is 2.36. The van der Waals surface area contributed by atoms with Crippen LogP contribution in [0.15, 0.2) is 28.8 Å². The first-order chi connectivity index (χ1) is 9.52. The highest BCUT2D eigenvalue weighted by Crippen LogP contribution is 2.27. The number of hydrogen-bond acceptors (Lipinski definition) is 5. The summed E-state index contributed by atoms with van der Waals surface area (Å²) in [5.74, 6) is 1.68. The maximum absolute atomic E-state index is 5.59. The lowest BCUT2D eigenvalue weighted by Gasteiger charge is -2.23. The third-order valence-corrected chi connectivity index (χ3v) is 3.33. The zero-order valence-electron chi connectivity index (χ0n) is 12.9. The molecule has 0 amide bonds. The minimum Gasteiger partial charge on any atom is -0.337 e. The summed E-state index contributed by atoms with van der Waals surface area (Å²) >= 11 is 0. The van der Waals surface area contributed by atoms with E-state index >= 15 is 0 Å². The van der Waals surface area contributed by atoms with Gasteiger partial charge in [0.1, 0.15) is 0 Å². The van der Waals surface area contributed by atoms with Gasteiger partial charge >= 0.3 is 0 Å². The predicted molar refractivity (Wildman–Crippen MR) is 86.1 cm³/mol. The van der Waals surface area contributed by atoms with Gasteiger partial charge in [-0.2, -0.15) is 4.98 Å². The molecule has 21 heavy (non-hydrogen) atoms. The molecule has 1 aromatic heterocycles. The Kier molecular flexibility index (Phi) is 6.33. The summed E-state index contributed by atoms with van der Waals surface area (Å²) in [5, 5.41) is 4.08. The molecule has 2 rings (SSSR count). The number of nitrogens with two attached hydrogens (primary N) is 1. The second kappa shape index (κ2) is 7.54. The molecule has 5 nitrogen and oxygen atoms in total. The molecular formula is C15H23ClN4O. The van der Waals surface area contributed by atoms with Crippen LogP contribution in [0.2, 0.25) is 0 Å². The topological polar surface area (TPSA) is 68.2 Å². The van der Waals surface area contributed by atoms with E-state index < -0.39 is 0 Å². The van der Waals surface area contributed by atoms with Gasteiger partial charge in [-0.15, -0.1) is 12.4 Å². The molecule has 0 saturated heterocycles. The van der Waals surface area contributed by atoms with E-state index in [1.165, 1.54) is 0 Å². The van der Waals surface area contributed by atoms with Crippen LogP contribution in [0.1, 0.15) is 31.3 Å². The van der Waals surface area contributed by atoms with Crippen molar-refractivity contribution >= 4 is 12.4 Å². The average Bonchev–Trinajstić information content (AvgIpc) is 2.87. The van der Waals surface area contributed by atoms with Gasteiger partial charge in [0.15, 0.2) is 0 Å². The van der Waals surface area contributed by atoms with Crippen LogP contribution in [0.3, 0.4) is 0 Å². The first-order valence-electron chi connectivity index (χ1n) is 6.82. The molecule has 0 unspecified atom stereocenters. The van der Waals surface area contributed by atoms with Crippen LogP contribution in [-0.4, -0.2) is 29.1 Å². The fourth-order valence-electron chi connectivity index (χ4n) is 2.36. The number of rotatable bonds is 5. The Hall–Kier alpha value is -1.43. The second-order valence-corrected chi connectivity index (χ2v) is 5.51. The fraction of sp³-hybridized carbons (Fsp3) is 0.467. The van der Waals surface area contributed by atoms with Crippen molar-refractivity contribution in [2.75, 3.05) is 14.1 Å². The molecule has 0 fully saturated rings. The van der Waals surface area contributed by atoms with Crippen molar-refractivity contribution in [3.05, 3.63) is 35.7 Å². The smallest absolute Gasteiger partial charge is 0.244 e. The van der Waals surface area contributed by atoms with E-state index in [1.807, 2.05) is 38.4 Å². The van der Waals surface area contributed by atoms with Crippen molar-refractivity contribution in [3.63, 3.8) is 0 Å². The summed E-state index contributed by atoms with van der Waals surface area (Å²) in [6, 6.07) is 8.03. The Morgan fingerprint density at radius 1 is 1.19 bits per heavy atom. The van der Waals surface area contributed by atoms with Gasteiger partial charge in [-0.1, -0.05) is 43.3 Å². The van der Waals surface area contributed by atoms with Crippen molar-refractivity contribution in [1.29, 1.82) is 0 Å². The second-order valence-electron chi connectivity index (χ2n) is 5.51. The first kappa shape index (κ1) is 17.6. The van der Waals surface area contributed by atoms with Crippen LogP contribution < -0.4 is 5.73 Å². The standard InChI is InChI=1S/C15H22N4O.ClH/c1-10(2)13(19(3)4)15-17-14(18-20-15)12-7-5-11(9-16)6-8-12;/h5-8,10,13H,9,16H2,1-4H3;1H/t13-;/m1./s1. The van der Waals surface area contributed by atoms with Gasteiger partial charge < -0.3 is 10.3 Å². The van der Waals surface area contributed by atoms with Crippen LogP contribution in [0.25, 0.3) is 11.4 Å². The lowest BCUT2D eigenvalue weighted by Crippen LogP contribution is -2.24. The molecule has 6 heteroatoms. The SMILES string of the molecule is CC(C)[C@H](c1nc(-c2ccc(CN)cc2)no1)N(C)C.Cl. The summed E-state index contributed by atoms with van der Waals surface area (Å²) in [4.78, 5) is 6.62. The third kappa shape index (κ3) is 4.03. The van der Waals surface area contributed by atoms with E-state index in [9.17, 15) is 0 Å². The highest BCUT2D eigenvalue weighted by atomic mass is 35.5. The Morgan fingerprint density at radius 2 is 1.81 bits per heavy atom. The Bertz CT molecular complexity index is 543. The summed E-state index contributed by atoms with van der Waals surface area (Å²) in [7, 11) is 4.04. The average molecular weight is 311 g/mol. The minimum atomic E-state index is 0. The van der Waals surface area contributed by atoms with E-state index in [0.717, 1.165) is 11.1 Å². The van der Waals surface area contributed by atoms with Gasteiger partial charge in [0, 0.05) is 12.1 Å². The van der Waals surface area contributed by atoms with E-state index in [4.69, 9.17) is 10.3 Å². The zero-order chi connectivity index (χ0) is 14.7. The van der Waals surface area contributed by atoms with Gasteiger partial charge in [0.25, 0.3) is 0 Å². The van der Waals surface area contributed by atoms with Crippen LogP contribution in [-0.2, 0) is 6.54 Å². The molecule has 1 atom stereocenters. The zero-order valence-corrected chi connectivity index (χ0v) is 13.7. The molecule has 0 saturated carbocycles. The van der Waals surface area contributed by atoms with Crippen LogP contribution in [0.4, 0.5) is 0 Å². The molecule has 2 N–H and O–H groups in total. The molecule has 0 radical (unpaired) electrons. The van der Waals surface area contributed by atoms with Gasteiger partial charge in [-0.25, -0.2) is 0 Å². The quantitative estimate of drug-likeness (QED) is 0.919. The molecular weight excluding hydrogens is 288 g/mol. The highest BCUT2D eigenvalue weighted by molar-refractivity contribution is 5.85.